The summed E-state index contributed by atoms with van der Waals surface area (Å²) in [4.78, 5) is 14.7. The fourth-order valence-corrected chi connectivity index (χ4v) is 3.65. The third kappa shape index (κ3) is 3.38. The van der Waals surface area contributed by atoms with E-state index in [2.05, 4.69) is 5.16 Å². The standard InChI is InChI=1S/C13H19N3O3S2/c1-18-8-9-7-10(15-19-9)11(17)16-5-3-13(21-2,4-6-16)12(14)20/h7H,3-6,8H2,1-2H3,(H2,14,20). The lowest BCUT2D eigenvalue weighted by molar-refractivity contribution is 0.0708. The molecule has 0 atom stereocenters. The fraction of sp³-hybridized carbons (Fsp3) is 0.615. The molecule has 2 rings (SSSR count). The molecule has 0 radical (unpaired) electrons. The number of carbonyl (C=O) groups excluding carboxylic acids is 1. The molecule has 0 unspecified atom stereocenters. The molecule has 1 aliphatic rings. The number of likely N-dealkylation sites (tertiary alicyclic amines) is 1. The lowest BCUT2D eigenvalue weighted by Gasteiger charge is -2.39. The zero-order chi connectivity index (χ0) is 15.5. The summed E-state index contributed by atoms with van der Waals surface area (Å²) in [5.74, 6) is 0.415. The van der Waals surface area contributed by atoms with Crippen LogP contribution in [0.3, 0.4) is 0 Å². The molecule has 1 aromatic heterocycles. The van der Waals surface area contributed by atoms with Crippen molar-refractivity contribution in [2.45, 2.75) is 24.2 Å². The smallest absolute Gasteiger partial charge is 0.276 e. The molecule has 0 aliphatic carbocycles. The number of nitrogens with two attached hydrogens (primary N) is 1. The number of thiocarbonyl (C=S) groups is 1. The Balaban J connectivity index is 2.01. The van der Waals surface area contributed by atoms with E-state index in [1.807, 2.05) is 6.26 Å². The Morgan fingerprint density at radius 2 is 2.29 bits per heavy atom. The van der Waals surface area contributed by atoms with Crippen LogP contribution in [0.1, 0.15) is 29.1 Å². The number of hydrogen-bond donors (Lipinski definition) is 1. The van der Waals surface area contributed by atoms with E-state index in [0.29, 0.717) is 36.1 Å². The highest BCUT2D eigenvalue weighted by atomic mass is 32.2. The number of rotatable bonds is 5. The molecule has 0 bridgehead atoms. The Morgan fingerprint density at radius 3 is 2.81 bits per heavy atom. The van der Waals surface area contributed by atoms with Crippen molar-refractivity contribution in [3.63, 3.8) is 0 Å². The minimum Gasteiger partial charge on any atom is -0.392 e. The number of ether oxygens (including phenoxy) is 1. The van der Waals surface area contributed by atoms with Gasteiger partial charge in [0.25, 0.3) is 5.91 Å². The Hall–Kier alpha value is -1.12. The van der Waals surface area contributed by atoms with Gasteiger partial charge < -0.3 is 19.9 Å². The van der Waals surface area contributed by atoms with Gasteiger partial charge in [0, 0.05) is 26.3 Å². The minimum absolute atomic E-state index is 0.126. The monoisotopic (exact) mass is 329 g/mol. The number of carbonyl (C=O) groups is 1. The lowest BCUT2D eigenvalue weighted by atomic mass is 9.95. The van der Waals surface area contributed by atoms with Gasteiger partial charge in [-0.05, 0) is 19.1 Å². The first-order chi connectivity index (χ1) is 10.0. The molecular weight excluding hydrogens is 310 g/mol. The summed E-state index contributed by atoms with van der Waals surface area (Å²) in [6.45, 7) is 1.53. The summed E-state index contributed by atoms with van der Waals surface area (Å²) in [5.41, 5.74) is 6.16. The second-order valence-corrected chi connectivity index (χ2v) is 6.60. The largest absolute Gasteiger partial charge is 0.392 e. The second-order valence-electron chi connectivity index (χ2n) is 4.97. The van der Waals surface area contributed by atoms with Gasteiger partial charge in [0.05, 0.1) is 9.74 Å². The van der Waals surface area contributed by atoms with Crippen LogP contribution in [0.4, 0.5) is 0 Å². The van der Waals surface area contributed by atoms with Gasteiger partial charge in [0.1, 0.15) is 6.61 Å². The molecule has 1 aliphatic heterocycles. The zero-order valence-corrected chi connectivity index (χ0v) is 13.8. The number of methoxy groups -OCH3 is 1. The van der Waals surface area contributed by atoms with Crippen molar-refractivity contribution in [2.75, 3.05) is 26.5 Å². The van der Waals surface area contributed by atoms with E-state index in [-0.39, 0.29) is 10.7 Å². The van der Waals surface area contributed by atoms with Crippen LogP contribution in [0.5, 0.6) is 0 Å². The highest BCUT2D eigenvalue weighted by Gasteiger charge is 2.38. The van der Waals surface area contributed by atoms with E-state index in [0.717, 1.165) is 12.8 Å². The molecule has 1 fully saturated rings. The zero-order valence-electron chi connectivity index (χ0n) is 12.1. The Bertz CT molecular complexity index is 524. The van der Waals surface area contributed by atoms with E-state index < -0.39 is 0 Å². The van der Waals surface area contributed by atoms with Gasteiger partial charge in [0.15, 0.2) is 11.5 Å². The molecule has 1 saturated heterocycles. The maximum absolute atomic E-state index is 12.4. The molecule has 116 valence electrons. The van der Waals surface area contributed by atoms with Crippen molar-refractivity contribution in [2.24, 2.45) is 5.73 Å². The first-order valence-electron chi connectivity index (χ1n) is 6.61. The molecular formula is C13H19N3O3S2. The molecule has 2 N–H and O–H groups in total. The van der Waals surface area contributed by atoms with Crippen molar-refractivity contribution in [1.82, 2.24) is 10.1 Å². The van der Waals surface area contributed by atoms with Gasteiger partial charge in [-0.3, -0.25) is 4.79 Å². The van der Waals surface area contributed by atoms with Crippen LogP contribution in [0.15, 0.2) is 10.6 Å². The molecule has 1 aromatic rings. The number of hydrogen-bond acceptors (Lipinski definition) is 6. The van der Waals surface area contributed by atoms with Crippen LogP contribution in [-0.4, -0.2) is 52.2 Å². The van der Waals surface area contributed by atoms with Crippen molar-refractivity contribution in [3.8, 4) is 0 Å². The first-order valence-corrected chi connectivity index (χ1v) is 8.24. The van der Waals surface area contributed by atoms with Crippen LogP contribution in [0.2, 0.25) is 0 Å². The topological polar surface area (TPSA) is 81.6 Å². The Kier molecular flexibility index (Phi) is 5.23. The van der Waals surface area contributed by atoms with E-state index >= 15 is 0 Å². The summed E-state index contributed by atoms with van der Waals surface area (Å²) >= 11 is 6.84. The SMILES string of the molecule is COCc1cc(C(=O)N2CCC(SC)(C(N)=S)CC2)no1. The number of amides is 1. The van der Waals surface area contributed by atoms with Crippen molar-refractivity contribution in [1.29, 1.82) is 0 Å². The Morgan fingerprint density at radius 1 is 1.62 bits per heavy atom. The van der Waals surface area contributed by atoms with Gasteiger partial charge in [0.2, 0.25) is 0 Å². The highest BCUT2D eigenvalue weighted by Crippen LogP contribution is 2.35. The van der Waals surface area contributed by atoms with E-state index in [4.69, 9.17) is 27.2 Å². The molecule has 8 heteroatoms. The molecule has 2 heterocycles. The van der Waals surface area contributed by atoms with Crippen molar-refractivity contribution < 1.29 is 14.1 Å². The molecule has 6 nitrogen and oxygen atoms in total. The molecule has 1 amide bonds. The summed E-state index contributed by atoms with van der Waals surface area (Å²) in [5, 5.41) is 3.80. The van der Waals surface area contributed by atoms with E-state index in [1.165, 1.54) is 0 Å². The van der Waals surface area contributed by atoms with Gasteiger partial charge >= 0.3 is 0 Å². The fourth-order valence-electron chi connectivity index (χ4n) is 2.41. The maximum atomic E-state index is 12.4. The number of aromatic nitrogens is 1. The van der Waals surface area contributed by atoms with Gasteiger partial charge in [-0.1, -0.05) is 17.4 Å². The summed E-state index contributed by atoms with van der Waals surface area (Å²) < 4.78 is 9.80. The average molecular weight is 329 g/mol. The number of thioether (sulfide) groups is 1. The van der Waals surface area contributed by atoms with Crippen LogP contribution in [0, 0.1) is 0 Å². The molecule has 0 saturated carbocycles. The molecule has 21 heavy (non-hydrogen) atoms. The van der Waals surface area contributed by atoms with Crippen molar-refractivity contribution >= 4 is 34.9 Å². The number of nitrogens with zero attached hydrogens (tertiary/aromatic N) is 2. The molecule has 0 aromatic carbocycles. The van der Waals surface area contributed by atoms with Crippen LogP contribution in [-0.2, 0) is 11.3 Å². The van der Waals surface area contributed by atoms with Crippen LogP contribution >= 0.6 is 24.0 Å². The quantitative estimate of drug-likeness (QED) is 0.819. The highest BCUT2D eigenvalue weighted by molar-refractivity contribution is 8.02. The number of piperidine rings is 1. The maximum Gasteiger partial charge on any atom is 0.276 e. The summed E-state index contributed by atoms with van der Waals surface area (Å²) in [6, 6.07) is 1.62. The normalized spacial score (nSPS) is 17.7. The predicted octanol–water partition coefficient (Wildman–Crippen LogP) is 1.44. The van der Waals surface area contributed by atoms with Gasteiger partial charge in [-0.25, -0.2) is 0 Å². The summed E-state index contributed by atoms with van der Waals surface area (Å²) in [6.07, 6.45) is 3.53. The second kappa shape index (κ2) is 6.76. The van der Waals surface area contributed by atoms with Crippen molar-refractivity contribution in [3.05, 3.63) is 17.5 Å². The lowest BCUT2D eigenvalue weighted by Crippen LogP contribution is -2.50. The van der Waals surface area contributed by atoms with Gasteiger partial charge in [-0.2, -0.15) is 11.8 Å². The third-order valence-corrected chi connectivity index (χ3v) is 5.69. The Labute approximate surface area is 133 Å². The first kappa shape index (κ1) is 16.3. The van der Waals surface area contributed by atoms with Crippen LogP contribution < -0.4 is 5.73 Å². The average Bonchev–Trinajstić information content (AvgIpc) is 2.95. The van der Waals surface area contributed by atoms with E-state index in [9.17, 15) is 4.79 Å². The van der Waals surface area contributed by atoms with Crippen LogP contribution in [0.25, 0.3) is 0 Å². The summed E-state index contributed by atoms with van der Waals surface area (Å²) in [7, 11) is 1.56. The minimum atomic E-state index is -0.197. The predicted molar refractivity (Wildman–Crippen MR) is 85.4 cm³/mol. The van der Waals surface area contributed by atoms with E-state index in [1.54, 1.807) is 29.8 Å². The third-order valence-electron chi connectivity index (χ3n) is 3.76. The van der Waals surface area contributed by atoms with Gasteiger partial charge in [-0.15, -0.1) is 0 Å². The molecule has 0 spiro atoms.